The maximum absolute atomic E-state index is 13.2. The van der Waals surface area contributed by atoms with E-state index in [2.05, 4.69) is 4.74 Å². The molecule has 1 rings (SSSR count). The van der Waals surface area contributed by atoms with Crippen molar-refractivity contribution in [2.24, 2.45) is 0 Å². The van der Waals surface area contributed by atoms with Gasteiger partial charge in [-0.25, -0.2) is 13.6 Å². The molecule has 0 spiro atoms. The number of amides is 2. The number of halogens is 5. The van der Waals surface area contributed by atoms with E-state index in [1.165, 1.54) is 0 Å². The molecule has 0 saturated heterocycles. The van der Waals surface area contributed by atoms with Gasteiger partial charge in [0.25, 0.3) is 0 Å². The van der Waals surface area contributed by atoms with Crippen LogP contribution in [0.4, 0.5) is 32.4 Å². The highest BCUT2D eigenvalue weighted by Crippen LogP contribution is 2.18. The number of ether oxygens (including phenoxy) is 1. The number of benzene rings is 1. The fourth-order valence-electron chi connectivity index (χ4n) is 1.30. The minimum absolute atomic E-state index is 0.363. The number of alkyl halides is 3. The normalized spacial score (nSPS) is 11.0. The van der Waals surface area contributed by atoms with Gasteiger partial charge >= 0.3 is 12.3 Å². The van der Waals surface area contributed by atoms with Gasteiger partial charge in [-0.05, 0) is 12.1 Å². The lowest BCUT2D eigenvalue weighted by atomic mass is 10.2. The number of hydrogen-bond donors (Lipinski definition) is 2. The Hall–Kier alpha value is -2.39. The molecule has 1 aromatic carbocycles. The number of carbonyl (C=O) groups is 2. The maximum atomic E-state index is 13.2. The van der Waals surface area contributed by atoms with Crippen molar-refractivity contribution in [1.29, 1.82) is 0 Å². The molecule has 0 unspecified atom stereocenters. The van der Waals surface area contributed by atoms with Crippen LogP contribution in [-0.2, 0) is 9.53 Å². The van der Waals surface area contributed by atoms with Crippen molar-refractivity contribution < 1.29 is 36.3 Å². The second-order valence-corrected chi connectivity index (χ2v) is 4.01. The Balaban J connectivity index is 2.34. The lowest BCUT2D eigenvalue weighted by molar-refractivity contribution is -0.160. The molecule has 0 aromatic heterocycles. The summed E-state index contributed by atoms with van der Waals surface area (Å²) >= 11 is 0. The predicted octanol–water partition coefficient (Wildman–Crippen LogP) is 2.58. The molecule has 0 fully saturated rings. The zero-order valence-electron chi connectivity index (χ0n) is 11.0. The van der Waals surface area contributed by atoms with Crippen LogP contribution in [0.15, 0.2) is 18.2 Å². The van der Waals surface area contributed by atoms with E-state index >= 15 is 0 Å². The van der Waals surface area contributed by atoms with Crippen LogP contribution in [0.2, 0.25) is 0 Å². The molecule has 0 aliphatic carbocycles. The molecule has 0 radical (unpaired) electrons. The molecule has 10 heteroatoms. The standard InChI is InChI=1S/C12H11F5N2O3/c13-7-2-1-3-8(14)10(7)19-9(20)4-5-18-11(21)22-6-12(15,16)17/h1-3H,4-6H2,(H,18,21)(H,19,20). The fourth-order valence-corrected chi connectivity index (χ4v) is 1.30. The summed E-state index contributed by atoms with van der Waals surface area (Å²) in [5.74, 6) is -2.79. The summed E-state index contributed by atoms with van der Waals surface area (Å²) in [6.07, 6.45) is -6.42. The lowest BCUT2D eigenvalue weighted by Crippen LogP contribution is -2.31. The number of rotatable bonds is 5. The Kier molecular flexibility index (Phi) is 6.08. The van der Waals surface area contributed by atoms with Gasteiger partial charge in [0.1, 0.15) is 17.3 Å². The van der Waals surface area contributed by atoms with Gasteiger partial charge in [0.15, 0.2) is 6.61 Å². The molecule has 0 aliphatic heterocycles. The van der Waals surface area contributed by atoms with E-state index in [1.807, 2.05) is 10.6 Å². The van der Waals surface area contributed by atoms with Gasteiger partial charge in [-0.15, -0.1) is 0 Å². The summed E-state index contributed by atoms with van der Waals surface area (Å²) in [5.41, 5.74) is -0.646. The van der Waals surface area contributed by atoms with Crippen LogP contribution in [0.3, 0.4) is 0 Å². The number of nitrogens with one attached hydrogen (secondary N) is 2. The van der Waals surface area contributed by atoms with Crippen LogP contribution in [0, 0.1) is 11.6 Å². The van der Waals surface area contributed by atoms with Gasteiger partial charge < -0.3 is 15.4 Å². The molecule has 0 saturated carbocycles. The average molecular weight is 326 g/mol. The van der Waals surface area contributed by atoms with Crippen molar-refractivity contribution in [2.75, 3.05) is 18.5 Å². The molecular weight excluding hydrogens is 315 g/mol. The molecule has 2 amide bonds. The molecule has 0 atom stereocenters. The Labute approximate surface area is 121 Å². The fraction of sp³-hybridized carbons (Fsp3) is 0.333. The van der Waals surface area contributed by atoms with Crippen LogP contribution in [-0.4, -0.2) is 31.3 Å². The van der Waals surface area contributed by atoms with Gasteiger partial charge in [-0.3, -0.25) is 4.79 Å². The van der Waals surface area contributed by atoms with Gasteiger partial charge in [0, 0.05) is 13.0 Å². The monoisotopic (exact) mass is 326 g/mol. The van der Waals surface area contributed by atoms with Crippen molar-refractivity contribution >= 4 is 17.7 Å². The van der Waals surface area contributed by atoms with Crippen molar-refractivity contribution in [2.45, 2.75) is 12.6 Å². The summed E-state index contributed by atoms with van der Waals surface area (Å²) in [5, 5.41) is 3.84. The van der Waals surface area contributed by atoms with Crippen LogP contribution < -0.4 is 10.6 Å². The molecular formula is C12H11F5N2O3. The average Bonchev–Trinajstić information content (AvgIpc) is 2.40. The van der Waals surface area contributed by atoms with Crippen LogP contribution in [0.5, 0.6) is 0 Å². The Bertz CT molecular complexity index is 528. The Morgan fingerprint density at radius 3 is 2.27 bits per heavy atom. The van der Waals surface area contributed by atoms with Crippen molar-refractivity contribution in [3.8, 4) is 0 Å². The summed E-state index contributed by atoms with van der Waals surface area (Å²) in [6, 6.07) is 2.98. The minimum atomic E-state index is -4.66. The molecule has 5 nitrogen and oxygen atoms in total. The minimum Gasteiger partial charge on any atom is -0.440 e. The predicted molar refractivity (Wildman–Crippen MR) is 65.0 cm³/mol. The Morgan fingerprint density at radius 2 is 1.73 bits per heavy atom. The SMILES string of the molecule is O=C(CCNC(=O)OCC(F)(F)F)Nc1c(F)cccc1F. The van der Waals surface area contributed by atoms with Crippen LogP contribution in [0.1, 0.15) is 6.42 Å². The summed E-state index contributed by atoms with van der Waals surface area (Å²) < 4.78 is 65.5. The third kappa shape index (κ3) is 6.37. The smallest absolute Gasteiger partial charge is 0.422 e. The summed E-state index contributed by atoms with van der Waals surface area (Å²) in [7, 11) is 0. The second-order valence-electron chi connectivity index (χ2n) is 4.01. The number of para-hydroxylation sites is 1. The number of hydrogen-bond acceptors (Lipinski definition) is 3. The highest BCUT2D eigenvalue weighted by atomic mass is 19.4. The van der Waals surface area contributed by atoms with Gasteiger partial charge in [0.2, 0.25) is 5.91 Å². The van der Waals surface area contributed by atoms with Crippen molar-refractivity contribution in [3.05, 3.63) is 29.8 Å². The molecule has 0 aliphatic rings. The first kappa shape index (κ1) is 17.7. The largest absolute Gasteiger partial charge is 0.440 e. The highest BCUT2D eigenvalue weighted by Gasteiger charge is 2.29. The Morgan fingerprint density at radius 1 is 1.14 bits per heavy atom. The van der Waals surface area contributed by atoms with Crippen molar-refractivity contribution in [3.63, 3.8) is 0 Å². The topological polar surface area (TPSA) is 67.4 Å². The van der Waals surface area contributed by atoms with Gasteiger partial charge in [-0.2, -0.15) is 13.2 Å². The van der Waals surface area contributed by atoms with E-state index in [0.717, 1.165) is 18.2 Å². The molecule has 0 bridgehead atoms. The zero-order valence-corrected chi connectivity index (χ0v) is 11.0. The lowest BCUT2D eigenvalue weighted by Gasteiger charge is -2.10. The maximum Gasteiger partial charge on any atom is 0.422 e. The molecule has 1 aromatic rings. The van der Waals surface area contributed by atoms with E-state index in [1.54, 1.807) is 0 Å². The number of alkyl carbamates (subject to hydrolysis) is 1. The molecule has 22 heavy (non-hydrogen) atoms. The van der Waals surface area contributed by atoms with Gasteiger partial charge in [0.05, 0.1) is 0 Å². The molecule has 0 heterocycles. The van der Waals surface area contributed by atoms with Crippen LogP contribution >= 0.6 is 0 Å². The first-order chi connectivity index (χ1) is 10.2. The number of carbonyl (C=O) groups excluding carboxylic acids is 2. The van der Waals surface area contributed by atoms with Crippen LogP contribution in [0.25, 0.3) is 0 Å². The van der Waals surface area contributed by atoms with Gasteiger partial charge in [-0.1, -0.05) is 6.07 Å². The second kappa shape index (κ2) is 7.57. The van der Waals surface area contributed by atoms with E-state index in [0.29, 0.717) is 0 Å². The molecule has 122 valence electrons. The quantitative estimate of drug-likeness (QED) is 0.817. The van der Waals surface area contributed by atoms with Crippen molar-refractivity contribution in [1.82, 2.24) is 5.32 Å². The van der Waals surface area contributed by atoms with E-state index in [-0.39, 0.29) is 6.54 Å². The summed E-state index contributed by atoms with van der Waals surface area (Å²) in [4.78, 5) is 22.3. The third-order valence-electron chi connectivity index (χ3n) is 2.22. The third-order valence-corrected chi connectivity index (χ3v) is 2.22. The zero-order chi connectivity index (χ0) is 16.8. The number of anilines is 1. The first-order valence-electron chi connectivity index (χ1n) is 5.90. The van der Waals surface area contributed by atoms with E-state index in [9.17, 15) is 31.5 Å². The highest BCUT2D eigenvalue weighted by molar-refractivity contribution is 5.91. The van der Waals surface area contributed by atoms with E-state index in [4.69, 9.17) is 0 Å². The molecule has 2 N–H and O–H groups in total. The summed E-state index contributed by atoms with van der Waals surface area (Å²) in [6.45, 7) is -2.12. The first-order valence-corrected chi connectivity index (χ1v) is 5.90. The van der Waals surface area contributed by atoms with E-state index < -0.39 is 48.5 Å².